The molecule has 2 N–H and O–H groups in total. The molecule has 0 aliphatic carbocycles. The number of rotatable bonds is 3. The molecule has 0 fully saturated rings. The summed E-state index contributed by atoms with van der Waals surface area (Å²) in [5, 5.41) is 8.29. The molecule has 1 heterocycles. The molecule has 0 aromatic carbocycles. The lowest BCUT2D eigenvalue weighted by molar-refractivity contribution is 0.0588. The minimum atomic E-state index is -0.904. The largest absolute Gasteiger partial charge is 0.464 e. The summed E-state index contributed by atoms with van der Waals surface area (Å²) >= 11 is 3.00. The summed E-state index contributed by atoms with van der Waals surface area (Å²) in [4.78, 5) is 18.4. The van der Waals surface area contributed by atoms with Gasteiger partial charge in [0.1, 0.15) is 6.34 Å². The van der Waals surface area contributed by atoms with E-state index in [0.717, 1.165) is 19.5 Å². The number of aromatic nitrogens is 1. The third-order valence-corrected chi connectivity index (χ3v) is 2.12. The van der Waals surface area contributed by atoms with Gasteiger partial charge in [0.2, 0.25) is 0 Å². The Morgan fingerprint density at radius 2 is 2.50 bits per heavy atom. The van der Waals surface area contributed by atoms with Crippen LogP contribution in [0.5, 0.6) is 0 Å². The van der Waals surface area contributed by atoms with Crippen LogP contribution in [-0.4, -0.2) is 29.6 Å². The van der Waals surface area contributed by atoms with Crippen molar-refractivity contribution in [3.8, 4) is 0 Å². The summed E-state index contributed by atoms with van der Waals surface area (Å²) < 4.78 is 17.9. The molecule has 0 atom stereocenters. The third-order valence-electron chi connectivity index (χ3n) is 1.53. The highest BCUT2D eigenvalue weighted by atomic mass is 79.9. The lowest BCUT2D eigenvalue weighted by Gasteiger charge is -2.03. The van der Waals surface area contributed by atoms with E-state index < -0.39 is 17.5 Å². The van der Waals surface area contributed by atoms with E-state index in [9.17, 15) is 9.18 Å². The van der Waals surface area contributed by atoms with E-state index in [1.165, 1.54) is 0 Å². The topological polar surface area (TPSA) is 83.8 Å². The third kappa shape index (κ3) is 2.74. The summed E-state index contributed by atoms with van der Waals surface area (Å²) in [6.45, 7) is 0. The smallest absolute Gasteiger partial charge is 0.359 e. The van der Waals surface area contributed by atoms with E-state index in [4.69, 9.17) is 5.21 Å². The first-order valence-electron chi connectivity index (χ1n) is 3.96. The SMILES string of the molecule is COC(=O)c1nc(N=CNO)c(Br)cc1F. The summed E-state index contributed by atoms with van der Waals surface area (Å²) in [7, 11) is 1.11. The summed E-state index contributed by atoms with van der Waals surface area (Å²) in [5.74, 6) is -1.70. The molecule has 1 rings (SSSR count). The number of hydrogen-bond acceptors (Lipinski definition) is 5. The van der Waals surface area contributed by atoms with Crippen molar-refractivity contribution in [2.24, 2.45) is 4.99 Å². The normalized spacial score (nSPS) is 10.5. The quantitative estimate of drug-likeness (QED) is 0.381. The molecular weight excluding hydrogens is 285 g/mol. The molecule has 6 nitrogen and oxygen atoms in total. The fourth-order valence-electron chi connectivity index (χ4n) is 0.877. The van der Waals surface area contributed by atoms with E-state index in [2.05, 4.69) is 30.6 Å². The molecular formula is C8H7BrFN3O3. The van der Waals surface area contributed by atoms with Gasteiger partial charge in [-0.3, -0.25) is 10.7 Å². The second-order valence-electron chi connectivity index (χ2n) is 2.50. The van der Waals surface area contributed by atoms with E-state index in [-0.39, 0.29) is 10.3 Å². The molecule has 86 valence electrons. The molecule has 1 aromatic heterocycles. The minimum absolute atomic E-state index is 0.0309. The van der Waals surface area contributed by atoms with Crippen molar-refractivity contribution in [1.29, 1.82) is 0 Å². The van der Waals surface area contributed by atoms with Crippen molar-refractivity contribution in [3.05, 3.63) is 22.1 Å². The van der Waals surface area contributed by atoms with Crippen LogP contribution in [0, 0.1) is 5.82 Å². The number of methoxy groups -OCH3 is 1. The van der Waals surface area contributed by atoms with Crippen molar-refractivity contribution in [2.45, 2.75) is 0 Å². The number of esters is 1. The number of halogens is 2. The lowest BCUT2D eigenvalue weighted by atomic mass is 10.3. The van der Waals surface area contributed by atoms with Crippen LogP contribution in [0.3, 0.4) is 0 Å². The standard InChI is InChI=1S/C8H7BrFN3O3/c1-16-8(14)6-5(10)2-4(9)7(13-6)11-3-12-15/h2-3,15H,1H3,(H,11,12,13). The Kier molecular flexibility index (Phi) is 4.32. The monoisotopic (exact) mass is 291 g/mol. The van der Waals surface area contributed by atoms with Gasteiger partial charge in [-0.1, -0.05) is 0 Å². The zero-order valence-corrected chi connectivity index (χ0v) is 9.65. The van der Waals surface area contributed by atoms with Crippen molar-refractivity contribution in [3.63, 3.8) is 0 Å². The first-order valence-corrected chi connectivity index (χ1v) is 4.76. The van der Waals surface area contributed by atoms with Crippen LogP contribution < -0.4 is 5.48 Å². The van der Waals surface area contributed by atoms with Gasteiger partial charge in [0.15, 0.2) is 17.3 Å². The number of aliphatic imine (C=N–C) groups is 1. The summed E-state index contributed by atoms with van der Waals surface area (Å²) in [6.07, 6.45) is 0.923. The van der Waals surface area contributed by atoms with E-state index in [1.54, 1.807) is 5.48 Å². The van der Waals surface area contributed by atoms with Gasteiger partial charge >= 0.3 is 5.97 Å². The number of nitrogens with one attached hydrogen (secondary N) is 1. The van der Waals surface area contributed by atoms with Crippen LogP contribution in [0.15, 0.2) is 15.5 Å². The predicted molar refractivity (Wildman–Crippen MR) is 56.3 cm³/mol. The Morgan fingerprint density at radius 1 is 1.81 bits per heavy atom. The molecule has 0 radical (unpaired) electrons. The van der Waals surface area contributed by atoms with E-state index in [1.807, 2.05) is 0 Å². The van der Waals surface area contributed by atoms with Gasteiger partial charge in [0.05, 0.1) is 11.6 Å². The second kappa shape index (κ2) is 5.52. The Morgan fingerprint density at radius 3 is 3.06 bits per heavy atom. The number of carbonyl (C=O) groups excluding carboxylic acids is 1. The molecule has 0 saturated carbocycles. The number of nitrogens with zero attached hydrogens (tertiary/aromatic N) is 2. The zero-order valence-electron chi connectivity index (χ0n) is 8.07. The Hall–Kier alpha value is -1.54. The molecule has 0 saturated heterocycles. The van der Waals surface area contributed by atoms with Crippen LogP contribution >= 0.6 is 15.9 Å². The molecule has 0 aliphatic heterocycles. The lowest BCUT2D eigenvalue weighted by Crippen LogP contribution is -2.08. The van der Waals surface area contributed by atoms with Gasteiger partial charge < -0.3 is 4.74 Å². The molecule has 0 bridgehead atoms. The Balaban J connectivity index is 3.21. The van der Waals surface area contributed by atoms with Crippen molar-refractivity contribution < 1.29 is 19.1 Å². The Labute approximate surface area is 98.2 Å². The van der Waals surface area contributed by atoms with Crippen molar-refractivity contribution >= 4 is 34.1 Å². The molecule has 8 heteroatoms. The first kappa shape index (κ1) is 12.5. The minimum Gasteiger partial charge on any atom is -0.464 e. The number of pyridine rings is 1. The van der Waals surface area contributed by atoms with E-state index >= 15 is 0 Å². The van der Waals surface area contributed by atoms with Crippen LogP contribution in [-0.2, 0) is 4.74 Å². The highest BCUT2D eigenvalue weighted by Crippen LogP contribution is 2.25. The second-order valence-corrected chi connectivity index (χ2v) is 3.36. The molecule has 1 aromatic rings. The van der Waals surface area contributed by atoms with Crippen LogP contribution in [0.1, 0.15) is 10.5 Å². The molecule has 0 amide bonds. The van der Waals surface area contributed by atoms with Gasteiger partial charge in [-0.25, -0.2) is 19.2 Å². The van der Waals surface area contributed by atoms with Crippen molar-refractivity contribution in [2.75, 3.05) is 7.11 Å². The van der Waals surface area contributed by atoms with Crippen molar-refractivity contribution in [1.82, 2.24) is 10.5 Å². The number of carbonyl (C=O) groups is 1. The number of hydrogen-bond donors (Lipinski definition) is 2. The average molecular weight is 292 g/mol. The summed E-state index contributed by atoms with van der Waals surface area (Å²) in [5.41, 5.74) is 1.18. The first-order chi connectivity index (χ1) is 7.60. The van der Waals surface area contributed by atoms with Gasteiger partial charge in [-0.15, -0.1) is 0 Å². The highest BCUT2D eigenvalue weighted by molar-refractivity contribution is 9.10. The van der Waals surface area contributed by atoms with E-state index in [0.29, 0.717) is 0 Å². The number of hydroxylamine groups is 1. The summed E-state index contributed by atoms with van der Waals surface area (Å²) in [6, 6.07) is 1.03. The highest BCUT2D eigenvalue weighted by Gasteiger charge is 2.17. The molecule has 16 heavy (non-hydrogen) atoms. The Bertz CT molecular complexity index is 439. The van der Waals surface area contributed by atoms with Gasteiger partial charge in [0, 0.05) is 0 Å². The average Bonchev–Trinajstić information content (AvgIpc) is 2.27. The molecule has 0 unspecified atom stereocenters. The maximum atomic E-state index is 13.3. The molecule has 0 spiro atoms. The fourth-order valence-corrected chi connectivity index (χ4v) is 1.27. The van der Waals surface area contributed by atoms with Gasteiger partial charge in [-0.2, -0.15) is 0 Å². The van der Waals surface area contributed by atoms with Crippen LogP contribution in [0.2, 0.25) is 0 Å². The predicted octanol–water partition coefficient (Wildman–Crippen LogP) is 1.41. The maximum absolute atomic E-state index is 13.3. The number of ether oxygens (including phenoxy) is 1. The zero-order chi connectivity index (χ0) is 12.1. The van der Waals surface area contributed by atoms with Crippen LogP contribution in [0.4, 0.5) is 10.2 Å². The fraction of sp³-hybridized carbons (Fsp3) is 0.125. The van der Waals surface area contributed by atoms with Crippen LogP contribution in [0.25, 0.3) is 0 Å². The van der Waals surface area contributed by atoms with Gasteiger partial charge in [-0.05, 0) is 22.0 Å². The maximum Gasteiger partial charge on any atom is 0.359 e. The molecule has 0 aliphatic rings. The van der Waals surface area contributed by atoms with Gasteiger partial charge in [0.25, 0.3) is 0 Å².